The van der Waals surface area contributed by atoms with Gasteiger partial charge in [0.15, 0.2) is 22.2 Å². The van der Waals surface area contributed by atoms with Crippen molar-refractivity contribution < 1.29 is 230 Å². The van der Waals surface area contributed by atoms with E-state index >= 15 is 0 Å². The van der Waals surface area contributed by atoms with Crippen LogP contribution in [0.2, 0.25) is 0 Å². The van der Waals surface area contributed by atoms with E-state index in [9.17, 15) is 50.1 Å². The smallest absolute Gasteiger partial charge is 0.744 e. The van der Waals surface area contributed by atoms with Crippen molar-refractivity contribution in [2.45, 2.75) is 31.9 Å². The summed E-state index contributed by atoms with van der Waals surface area (Å²) in [5, 5.41) is 65.6. The van der Waals surface area contributed by atoms with Gasteiger partial charge in [-0.15, -0.1) is 19.7 Å². The molecular weight excluding hydrogens is 1200 g/mol. The van der Waals surface area contributed by atoms with Crippen LogP contribution in [0.4, 0.5) is 69.0 Å². The molecule has 0 saturated carbocycles. The molecule has 5 aromatic carbocycles. The van der Waals surface area contributed by atoms with E-state index in [4.69, 9.17) is 15.7 Å². The monoisotopic (exact) mass is 1230 g/mol. The van der Waals surface area contributed by atoms with Crippen LogP contribution in [-0.4, -0.2) is 61.7 Å². The van der Waals surface area contributed by atoms with Crippen LogP contribution >= 0.6 is 36.4 Å². The predicted octanol–water partition coefficient (Wildman–Crippen LogP) is -10.4. The van der Waals surface area contributed by atoms with Gasteiger partial charge < -0.3 is 52.3 Å². The number of azo groups is 2. The van der Waals surface area contributed by atoms with Crippen molar-refractivity contribution in [3.63, 3.8) is 0 Å². The average Bonchev–Trinajstić information content (AvgIpc) is 3.32. The van der Waals surface area contributed by atoms with Crippen LogP contribution in [0, 0.1) is 0 Å². The number of nitrogen functional groups attached to an aromatic ring is 2. The Kier molecular flexibility index (Phi) is 35.7. The van der Waals surface area contributed by atoms with Crippen LogP contribution in [0.3, 0.4) is 0 Å². The Hall–Kier alpha value is -1.27. The first-order chi connectivity index (χ1) is 33.9. The molecule has 0 aliphatic carbocycles. The number of hydrogen-bond donors (Lipinski definition) is 5. The second-order valence-electron chi connectivity index (χ2n) is 13.1. The zero-order valence-corrected chi connectivity index (χ0v) is 54.6. The first-order valence-corrected chi connectivity index (χ1v) is 25.2. The molecule has 77 heavy (non-hydrogen) atoms. The second kappa shape index (κ2) is 36.3. The Morgan fingerprint density at radius 3 is 1.68 bits per heavy atom. The Bertz CT molecular complexity index is 3280. The number of hydrogen-bond acceptors (Lipinski definition) is 33. The van der Waals surface area contributed by atoms with E-state index in [0.29, 0.717) is 34.7 Å². The van der Waals surface area contributed by atoms with E-state index in [1.807, 2.05) is 0 Å². The molecule has 41 heteroatoms. The van der Waals surface area contributed by atoms with Crippen LogP contribution in [0.15, 0.2) is 142 Å². The van der Waals surface area contributed by atoms with E-state index in [-0.39, 0.29) is 225 Å². The zero-order chi connectivity index (χ0) is 51.2. The largest absolute Gasteiger partial charge is 1.00 e. The maximum absolute atomic E-state index is 12.6. The molecule has 1 aromatic heterocycles. The number of nitrogens with two attached hydrogens (primary N) is 2. The number of aromatic nitrogens is 3. The first kappa shape index (κ1) is 75.7. The molecule has 0 aliphatic rings. The first-order valence-electron chi connectivity index (χ1n) is 18.6. The summed E-state index contributed by atoms with van der Waals surface area (Å²) in [7, 11) is -14.1. The van der Waals surface area contributed by atoms with Gasteiger partial charge in [-0.05, 0) is 84.9 Å². The number of nitrogens with one attached hydrogen (secondary N) is 3. The van der Waals surface area contributed by atoms with Crippen LogP contribution in [-0.2, 0) is 62.4 Å². The SMILES string of the molecule is C.Nc1c(N=Nc2ccc(S(=O)(=O)CCOSOO[O-])cc2)cc(S(=O)(=O)[O-])c(N)c1N=Nc1cc(Nc2nc(Nc3cccc(SOO[O-])c3)nc(Nc3cccc(S(=O)(=O)[O-])c3)n2)ccc1SOO[O-].[Na+].[Na+].[Na+].[Na+].[Na+]. The second-order valence-corrected chi connectivity index (χ2v) is 19.9. The number of benzene rings is 5. The minimum Gasteiger partial charge on any atom is -0.744 e. The van der Waals surface area contributed by atoms with Crippen molar-refractivity contribution in [3.8, 4) is 0 Å². The molecular formula is C36H31N12Na5O18S6. The van der Waals surface area contributed by atoms with E-state index < -0.39 is 68.4 Å². The van der Waals surface area contributed by atoms with Crippen molar-refractivity contribution in [2.75, 3.05) is 39.8 Å². The Morgan fingerprint density at radius 2 is 1.10 bits per heavy atom. The molecule has 0 unspecified atom stereocenters. The quantitative estimate of drug-likeness (QED) is 0.00519. The van der Waals surface area contributed by atoms with Gasteiger partial charge in [0.05, 0.1) is 73.1 Å². The molecule has 0 atom stereocenters. The van der Waals surface area contributed by atoms with Crippen LogP contribution in [0.25, 0.3) is 0 Å². The fourth-order valence-electron chi connectivity index (χ4n) is 5.46. The van der Waals surface area contributed by atoms with Crippen molar-refractivity contribution in [3.05, 3.63) is 97.1 Å². The molecule has 7 N–H and O–H groups in total. The normalized spacial score (nSPS) is 11.2. The van der Waals surface area contributed by atoms with Gasteiger partial charge in [-0.3, -0.25) is 19.3 Å². The van der Waals surface area contributed by atoms with Crippen LogP contribution in [0.5, 0.6) is 0 Å². The van der Waals surface area contributed by atoms with Gasteiger partial charge in [-0.1, -0.05) is 19.6 Å². The average molecular weight is 1230 g/mol. The molecule has 1 heterocycles. The van der Waals surface area contributed by atoms with Crippen LogP contribution in [0.1, 0.15) is 7.43 Å². The summed E-state index contributed by atoms with van der Waals surface area (Å²) >= 11 is 1.10. The number of nitrogens with zero attached hydrogens (tertiary/aromatic N) is 7. The molecule has 30 nitrogen and oxygen atoms in total. The predicted molar refractivity (Wildman–Crippen MR) is 246 cm³/mol. The summed E-state index contributed by atoms with van der Waals surface area (Å²) in [6, 6.07) is 20.8. The number of anilines is 8. The molecule has 0 fully saturated rings. The molecule has 0 aliphatic heterocycles. The number of sulfone groups is 1. The van der Waals surface area contributed by atoms with Crippen molar-refractivity contribution in [1.82, 2.24) is 15.0 Å². The third-order valence-corrected chi connectivity index (χ3v) is 13.5. The Labute approximate surface area is 562 Å². The molecule has 0 amide bonds. The third kappa shape index (κ3) is 23.5. The summed E-state index contributed by atoms with van der Waals surface area (Å²) in [5.41, 5.74) is 10.7. The molecule has 384 valence electrons. The third-order valence-electron chi connectivity index (χ3n) is 8.48. The topological polar surface area (TPSA) is 459 Å². The van der Waals surface area contributed by atoms with Crippen molar-refractivity contribution in [2.24, 2.45) is 20.5 Å². The number of rotatable bonds is 25. The van der Waals surface area contributed by atoms with E-state index in [1.165, 1.54) is 60.7 Å². The summed E-state index contributed by atoms with van der Waals surface area (Å²) in [6.45, 7) is -0.374. The maximum Gasteiger partial charge on any atom is 1.00 e. The van der Waals surface area contributed by atoms with Gasteiger partial charge in [-0.2, -0.15) is 28.7 Å². The van der Waals surface area contributed by atoms with Crippen molar-refractivity contribution >= 4 is 136 Å². The Balaban J connectivity index is 0.00000963. The van der Waals surface area contributed by atoms with E-state index in [2.05, 4.69) is 79.5 Å². The molecule has 6 rings (SSSR count). The molecule has 0 saturated heterocycles. The summed E-state index contributed by atoms with van der Waals surface area (Å²) < 4.78 is 115. The van der Waals surface area contributed by atoms with Gasteiger partial charge in [0.2, 0.25) is 17.8 Å². The Morgan fingerprint density at radius 1 is 0.558 bits per heavy atom. The zero-order valence-electron chi connectivity index (χ0n) is 39.7. The minimum atomic E-state index is -5.34. The van der Waals surface area contributed by atoms with Gasteiger partial charge in [0.1, 0.15) is 37.3 Å². The molecule has 0 radical (unpaired) electrons. The fourth-order valence-corrected chi connectivity index (χ4v) is 8.83. The standard InChI is InChI=1S/C35H32N12O18S6.CH4.5Na/c36-30-27(46-44-19-7-10-24(11-8-19)69(51,52)14-13-59-68-65-62-50)18-29(71(56,57)58)31(37)32(30)47-45-26-17-22(9-12-28(26)67-64-61-49)40-35-42-33(38-20-3-1-5-23(15-20)66-63-60-48)41-34(43-35)39-21-4-2-6-25(16-21)70(53,54)55;;;;;;/h1-12,15-18,48-50H,13-14,36-37H2,(H,53,54,55)(H,56,57,58)(H3,38,39,40,41,42,43);1H4;;;;;/q;;5*+1/p-5. The van der Waals surface area contributed by atoms with Gasteiger partial charge >= 0.3 is 148 Å². The van der Waals surface area contributed by atoms with E-state index in [1.54, 1.807) is 18.2 Å². The van der Waals surface area contributed by atoms with Crippen molar-refractivity contribution in [1.29, 1.82) is 0 Å². The fraction of sp³-hybridized carbons (Fsp3) is 0.0833. The van der Waals surface area contributed by atoms with Gasteiger partial charge in [-0.25, -0.2) is 25.3 Å². The van der Waals surface area contributed by atoms with Crippen LogP contribution < -0.4 is 191 Å². The van der Waals surface area contributed by atoms with Gasteiger partial charge in [0, 0.05) is 22.0 Å². The maximum atomic E-state index is 12.6. The summed E-state index contributed by atoms with van der Waals surface area (Å²) in [6.07, 6.45) is 0. The molecule has 0 bridgehead atoms. The minimum absolute atomic E-state index is 0. The summed E-state index contributed by atoms with van der Waals surface area (Å²) in [4.78, 5) is 11.8. The molecule has 0 spiro atoms. The van der Waals surface area contributed by atoms with E-state index in [0.717, 1.165) is 18.2 Å². The van der Waals surface area contributed by atoms with Gasteiger partial charge in [0.25, 0.3) is 0 Å². The summed E-state index contributed by atoms with van der Waals surface area (Å²) in [5.74, 6) is -1.01. The molecule has 6 aromatic rings.